The number of benzene rings is 1. The molecular formula is C17H25N3O6S2. The molecule has 1 amide bonds. The van der Waals surface area contributed by atoms with Crippen LogP contribution in [-0.4, -0.2) is 71.4 Å². The molecule has 0 unspecified atom stereocenters. The van der Waals surface area contributed by atoms with E-state index in [0.717, 1.165) is 0 Å². The van der Waals surface area contributed by atoms with Gasteiger partial charge in [0.15, 0.2) is 9.84 Å². The number of sulfone groups is 1. The highest BCUT2D eigenvalue weighted by atomic mass is 32.2. The number of hydrogen-bond acceptors (Lipinski definition) is 7. The zero-order valence-corrected chi connectivity index (χ0v) is 17.3. The molecule has 0 bridgehead atoms. The highest BCUT2D eigenvalue weighted by molar-refractivity contribution is 7.91. The van der Waals surface area contributed by atoms with E-state index in [0.29, 0.717) is 31.1 Å². The Bertz CT molecular complexity index is 940. The number of rotatable bonds is 6. The van der Waals surface area contributed by atoms with Crippen molar-refractivity contribution in [3.8, 4) is 0 Å². The first kappa shape index (κ1) is 21.0. The number of anilines is 2. The normalized spacial score (nSPS) is 22.7. The van der Waals surface area contributed by atoms with Crippen LogP contribution in [0.1, 0.15) is 13.3 Å². The molecule has 2 fully saturated rings. The Morgan fingerprint density at radius 1 is 1.25 bits per heavy atom. The third-order valence-corrected chi connectivity index (χ3v) is 8.49. The van der Waals surface area contributed by atoms with E-state index in [-0.39, 0.29) is 35.9 Å². The number of nitrogens with zero attached hydrogens (tertiary/aromatic N) is 1. The second-order valence-corrected chi connectivity index (χ2v) is 11.0. The van der Waals surface area contributed by atoms with E-state index in [9.17, 15) is 21.6 Å². The van der Waals surface area contributed by atoms with Gasteiger partial charge in [-0.3, -0.25) is 4.79 Å². The number of carbonyl (C=O) groups is 1. The molecule has 0 spiro atoms. The lowest BCUT2D eigenvalue weighted by molar-refractivity contribution is -0.119. The van der Waals surface area contributed by atoms with Crippen LogP contribution in [0.4, 0.5) is 11.4 Å². The molecule has 2 aliphatic heterocycles. The summed E-state index contributed by atoms with van der Waals surface area (Å²) in [4.78, 5) is 12.6. The molecular weight excluding hydrogens is 406 g/mol. The van der Waals surface area contributed by atoms with Crippen molar-refractivity contribution in [2.24, 2.45) is 5.92 Å². The molecule has 2 aliphatic rings. The second-order valence-electron chi connectivity index (χ2n) is 6.84. The monoisotopic (exact) mass is 431 g/mol. The summed E-state index contributed by atoms with van der Waals surface area (Å²) in [6.45, 7) is 3.70. The van der Waals surface area contributed by atoms with Crippen molar-refractivity contribution in [1.82, 2.24) is 4.31 Å². The van der Waals surface area contributed by atoms with E-state index >= 15 is 0 Å². The van der Waals surface area contributed by atoms with Gasteiger partial charge in [-0.05, 0) is 31.5 Å². The molecule has 0 radical (unpaired) electrons. The minimum atomic E-state index is -3.71. The number of morpholine rings is 1. The van der Waals surface area contributed by atoms with Crippen molar-refractivity contribution >= 4 is 37.1 Å². The predicted molar refractivity (Wildman–Crippen MR) is 106 cm³/mol. The van der Waals surface area contributed by atoms with Gasteiger partial charge >= 0.3 is 0 Å². The number of sulfonamides is 1. The number of hydrogen-bond donors (Lipinski definition) is 2. The fourth-order valence-electron chi connectivity index (χ4n) is 3.30. The average molecular weight is 432 g/mol. The quantitative estimate of drug-likeness (QED) is 0.673. The zero-order valence-electron chi connectivity index (χ0n) is 15.7. The van der Waals surface area contributed by atoms with Crippen LogP contribution in [0.25, 0.3) is 0 Å². The lowest BCUT2D eigenvalue weighted by atomic mass is 10.1. The summed E-state index contributed by atoms with van der Waals surface area (Å²) in [5.74, 6) is -1.22. The van der Waals surface area contributed by atoms with Crippen molar-refractivity contribution in [3.63, 3.8) is 0 Å². The van der Waals surface area contributed by atoms with E-state index in [1.807, 2.05) is 6.92 Å². The molecule has 3 rings (SSSR count). The molecule has 2 N–H and O–H groups in total. The third-order valence-electron chi connectivity index (χ3n) is 4.83. The Labute approximate surface area is 165 Å². The molecule has 11 heteroatoms. The van der Waals surface area contributed by atoms with E-state index in [2.05, 4.69) is 10.6 Å². The number of amides is 1. The van der Waals surface area contributed by atoms with Gasteiger partial charge in [0, 0.05) is 19.6 Å². The highest BCUT2D eigenvalue weighted by Crippen LogP contribution is 2.29. The molecule has 2 saturated heterocycles. The predicted octanol–water partition coefficient (Wildman–Crippen LogP) is 0.513. The van der Waals surface area contributed by atoms with Crippen molar-refractivity contribution < 1.29 is 26.4 Å². The van der Waals surface area contributed by atoms with Gasteiger partial charge in [0.05, 0.1) is 46.9 Å². The topological polar surface area (TPSA) is 122 Å². The van der Waals surface area contributed by atoms with Gasteiger partial charge in [0.2, 0.25) is 15.9 Å². The van der Waals surface area contributed by atoms with Gasteiger partial charge in [-0.2, -0.15) is 4.31 Å². The Morgan fingerprint density at radius 3 is 2.57 bits per heavy atom. The van der Waals surface area contributed by atoms with Crippen LogP contribution in [0, 0.1) is 5.92 Å². The summed E-state index contributed by atoms with van der Waals surface area (Å²) < 4.78 is 55.6. The highest BCUT2D eigenvalue weighted by Gasteiger charge is 2.33. The second kappa shape index (κ2) is 8.36. The van der Waals surface area contributed by atoms with Crippen LogP contribution in [-0.2, 0) is 29.4 Å². The average Bonchev–Trinajstić information content (AvgIpc) is 3.04. The summed E-state index contributed by atoms with van der Waals surface area (Å²) in [5.41, 5.74) is 0.906. The molecule has 28 heavy (non-hydrogen) atoms. The first-order chi connectivity index (χ1) is 13.2. The molecule has 1 aromatic carbocycles. The van der Waals surface area contributed by atoms with Gasteiger partial charge in [-0.1, -0.05) is 0 Å². The first-order valence-electron chi connectivity index (χ1n) is 9.20. The van der Waals surface area contributed by atoms with Crippen LogP contribution in [0.5, 0.6) is 0 Å². The maximum Gasteiger partial charge on any atom is 0.243 e. The van der Waals surface area contributed by atoms with Crippen LogP contribution in [0.3, 0.4) is 0 Å². The number of nitrogens with one attached hydrogen (secondary N) is 2. The Balaban J connectivity index is 1.86. The van der Waals surface area contributed by atoms with E-state index in [1.165, 1.54) is 16.4 Å². The van der Waals surface area contributed by atoms with Crippen molar-refractivity contribution in [1.29, 1.82) is 0 Å². The summed E-state index contributed by atoms with van der Waals surface area (Å²) in [6, 6.07) is 4.53. The van der Waals surface area contributed by atoms with Crippen LogP contribution in [0.2, 0.25) is 0 Å². The van der Waals surface area contributed by atoms with Crippen LogP contribution < -0.4 is 10.6 Å². The van der Waals surface area contributed by atoms with Crippen molar-refractivity contribution in [2.45, 2.75) is 18.2 Å². The van der Waals surface area contributed by atoms with E-state index < -0.39 is 31.7 Å². The molecule has 0 aliphatic carbocycles. The maximum atomic E-state index is 12.9. The number of carbonyl (C=O) groups excluding carboxylic acids is 1. The molecule has 2 heterocycles. The van der Waals surface area contributed by atoms with E-state index in [4.69, 9.17) is 4.74 Å². The first-order valence-corrected chi connectivity index (χ1v) is 12.5. The Kier molecular flexibility index (Phi) is 6.28. The molecule has 0 aromatic heterocycles. The lowest BCUT2D eigenvalue weighted by Gasteiger charge is -2.26. The van der Waals surface area contributed by atoms with Gasteiger partial charge in [-0.25, -0.2) is 16.8 Å². The maximum absolute atomic E-state index is 12.9. The minimum Gasteiger partial charge on any atom is -0.384 e. The molecule has 156 valence electrons. The summed E-state index contributed by atoms with van der Waals surface area (Å²) in [5, 5.41) is 5.80. The standard InChI is InChI=1S/C17H25N3O6S2/c1-2-18-15-4-3-14(28(24,25)20-6-8-26-9-7-20)11-16(15)19-17(21)13-5-10-27(22,23)12-13/h3-4,11,13,18H,2,5-10,12H2,1H3,(H,19,21)/t13-/m1/s1. The lowest BCUT2D eigenvalue weighted by Crippen LogP contribution is -2.40. The minimum absolute atomic E-state index is 0.00337. The summed E-state index contributed by atoms with van der Waals surface area (Å²) in [6.07, 6.45) is 0.274. The zero-order chi connectivity index (χ0) is 20.4. The molecule has 0 saturated carbocycles. The van der Waals surface area contributed by atoms with Crippen LogP contribution in [0.15, 0.2) is 23.1 Å². The fourth-order valence-corrected chi connectivity index (χ4v) is 6.48. The molecule has 1 atom stereocenters. The van der Waals surface area contributed by atoms with Crippen molar-refractivity contribution in [2.75, 3.05) is 55.0 Å². The molecule has 9 nitrogen and oxygen atoms in total. The summed E-state index contributed by atoms with van der Waals surface area (Å²) >= 11 is 0. The SMILES string of the molecule is CCNc1ccc(S(=O)(=O)N2CCOCC2)cc1NC(=O)[C@@H]1CCS(=O)(=O)C1. The van der Waals surface area contributed by atoms with Gasteiger partial charge in [0.25, 0.3) is 0 Å². The van der Waals surface area contributed by atoms with Gasteiger partial charge < -0.3 is 15.4 Å². The largest absolute Gasteiger partial charge is 0.384 e. The smallest absolute Gasteiger partial charge is 0.243 e. The van der Waals surface area contributed by atoms with Crippen LogP contribution >= 0.6 is 0 Å². The van der Waals surface area contributed by atoms with Gasteiger partial charge in [-0.15, -0.1) is 0 Å². The Hall–Kier alpha value is -1.69. The van der Waals surface area contributed by atoms with Crippen molar-refractivity contribution in [3.05, 3.63) is 18.2 Å². The molecule has 1 aromatic rings. The van der Waals surface area contributed by atoms with E-state index in [1.54, 1.807) is 6.07 Å². The Morgan fingerprint density at radius 2 is 1.96 bits per heavy atom. The fraction of sp³-hybridized carbons (Fsp3) is 0.588. The van der Waals surface area contributed by atoms with Gasteiger partial charge in [0.1, 0.15) is 0 Å². The number of ether oxygens (including phenoxy) is 1. The summed E-state index contributed by atoms with van der Waals surface area (Å²) in [7, 11) is -6.90. The third kappa shape index (κ3) is 4.65.